The fourth-order valence-corrected chi connectivity index (χ4v) is 3.54. The van der Waals surface area contributed by atoms with Crippen LogP contribution in [0.3, 0.4) is 0 Å². The molecule has 0 spiro atoms. The van der Waals surface area contributed by atoms with E-state index in [-0.39, 0.29) is 42.9 Å². The molecule has 1 saturated heterocycles. The number of aliphatic hydroxyl groups excluding tert-OH is 1. The largest absolute Gasteiger partial charge is 0.394 e. The van der Waals surface area contributed by atoms with E-state index < -0.39 is 59.9 Å². The number of hydrogen-bond acceptors (Lipinski definition) is 6. The van der Waals surface area contributed by atoms with Crippen molar-refractivity contribution in [2.24, 2.45) is 5.92 Å². The van der Waals surface area contributed by atoms with Crippen LogP contribution in [-0.4, -0.2) is 60.1 Å². The van der Waals surface area contributed by atoms with Gasteiger partial charge >= 0.3 is 12.4 Å². The molecule has 1 amide bonds. The summed E-state index contributed by atoms with van der Waals surface area (Å²) >= 11 is 0. The molecule has 1 heterocycles. The third-order valence-corrected chi connectivity index (χ3v) is 5.42. The number of alkyl halides is 6. The SMILES string of the molecule is CC(C)(CO)Nc1cc(N2CCC(C(F)(F)F)CC2)c(C(=O)NCCC(F)(F)F)cc1[N+](=O)[O-]. The predicted octanol–water partition coefficient (Wildman–Crippen LogP) is 4.24. The Kier molecular flexibility index (Phi) is 8.27. The first-order valence-corrected chi connectivity index (χ1v) is 10.4. The summed E-state index contributed by atoms with van der Waals surface area (Å²) in [6, 6.07) is 2.09. The molecule has 3 N–H and O–H groups in total. The summed E-state index contributed by atoms with van der Waals surface area (Å²) in [6.07, 6.45) is -10.8. The van der Waals surface area contributed by atoms with Gasteiger partial charge in [0.05, 0.1) is 40.7 Å². The molecular formula is C20H26F6N4O4. The molecule has 0 saturated carbocycles. The number of amides is 1. The van der Waals surface area contributed by atoms with Crippen LogP contribution in [0.4, 0.5) is 43.4 Å². The highest BCUT2D eigenvalue weighted by molar-refractivity contribution is 6.02. The number of piperidine rings is 1. The van der Waals surface area contributed by atoms with Gasteiger partial charge in [0.15, 0.2) is 0 Å². The molecule has 8 nitrogen and oxygen atoms in total. The lowest BCUT2D eigenvalue weighted by molar-refractivity contribution is -0.384. The fraction of sp³-hybridized carbons (Fsp3) is 0.650. The highest BCUT2D eigenvalue weighted by atomic mass is 19.4. The number of anilines is 2. The van der Waals surface area contributed by atoms with Gasteiger partial charge in [0.1, 0.15) is 5.69 Å². The van der Waals surface area contributed by atoms with Gasteiger partial charge in [0.2, 0.25) is 0 Å². The van der Waals surface area contributed by atoms with Gasteiger partial charge in [-0.1, -0.05) is 0 Å². The van der Waals surface area contributed by atoms with Crippen LogP contribution in [0.25, 0.3) is 0 Å². The average Bonchev–Trinajstić information content (AvgIpc) is 2.71. The summed E-state index contributed by atoms with van der Waals surface area (Å²) in [7, 11) is 0. The molecular weight excluding hydrogens is 474 g/mol. The van der Waals surface area contributed by atoms with E-state index in [9.17, 15) is 46.4 Å². The molecule has 192 valence electrons. The number of carbonyl (C=O) groups is 1. The number of nitro benzene ring substituents is 1. The Hall–Kier alpha value is -2.77. The molecule has 1 fully saturated rings. The molecule has 1 aliphatic heterocycles. The normalized spacial score (nSPS) is 15.9. The number of nitrogens with one attached hydrogen (secondary N) is 2. The molecule has 0 unspecified atom stereocenters. The van der Waals surface area contributed by atoms with Gasteiger partial charge in [-0.05, 0) is 32.8 Å². The second kappa shape index (κ2) is 10.2. The highest BCUT2D eigenvalue weighted by Gasteiger charge is 2.41. The Labute approximate surface area is 191 Å². The molecule has 1 aliphatic rings. The first kappa shape index (κ1) is 27.5. The van der Waals surface area contributed by atoms with Crippen LogP contribution in [0.15, 0.2) is 12.1 Å². The van der Waals surface area contributed by atoms with Crippen LogP contribution in [0.1, 0.15) is 43.5 Å². The Balaban J connectivity index is 2.46. The number of nitro groups is 1. The van der Waals surface area contributed by atoms with Crippen LogP contribution in [0, 0.1) is 16.0 Å². The third-order valence-electron chi connectivity index (χ3n) is 5.42. The Morgan fingerprint density at radius 2 is 1.76 bits per heavy atom. The van der Waals surface area contributed by atoms with Crippen molar-refractivity contribution in [1.29, 1.82) is 0 Å². The van der Waals surface area contributed by atoms with Gasteiger partial charge in [-0.25, -0.2) is 0 Å². The second-order valence-electron chi connectivity index (χ2n) is 8.73. The lowest BCUT2D eigenvalue weighted by atomic mass is 9.95. The minimum absolute atomic E-state index is 0.0481. The maximum atomic E-state index is 13.1. The van der Waals surface area contributed by atoms with Gasteiger partial charge in [0, 0.05) is 25.7 Å². The van der Waals surface area contributed by atoms with E-state index in [2.05, 4.69) is 10.6 Å². The van der Waals surface area contributed by atoms with Gasteiger partial charge in [-0.15, -0.1) is 0 Å². The zero-order valence-corrected chi connectivity index (χ0v) is 18.5. The summed E-state index contributed by atoms with van der Waals surface area (Å²) in [5.74, 6) is -2.56. The lowest BCUT2D eigenvalue weighted by Gasteiger charge is -2.35. The average molecular weight is 500 g/mol. The van der Waals surface area contributed by atoms with Crippen molar-refractivity contribution >= 4 is 23.0 Å². The molecule has 0 bridgehead atoms. The molecule has 1 aromatic carbocycles. The number of rotatable bonds is 8. The summed E-state index contributed by atoms with van der Waals surface area (Å²) in [4.78, 5) is 25.0. The molecule has 2 rings (SSSR count). The smallest absolute Gasteiger partial charge is 0.391 e. The first-order valence-electron chi connectivity index (χ1n) is 10.4. The Morgan fingerprint density at radius 3 is 2.24 bits per heavy atom. The van der Waals surface area contributed by atoms with Crippen LogP contribution >= 0.6 is 0 Å². The zero-order valence-electron chi connectivity index (χ0n) is 18.5. The summed E-state index contributed by atoms with van der Waals surface area (Å²) in [5, 5.41) is 26.0. The Bertz CT molecular complexity index is 896. The van der Waals surface area contributed by atoms with E-state index in [1.54, 1.807) is 13.8 Å². The van der Waals surface area contributed by atoms with Crippen LogP contribution < -0.4 is 15.5 Å². The van der Waals surface area contributed by atoms with Crippen molar-refractivity contribution < 1.29 is 41.2 Å². The fourth-order valence-electron chi connectivity index (χ4n) is 3.54. The van der Waals surface area contributed by atoms with E-state index in [0.29, 0.717) is 0 Å². The van der Waals surface area contributed by atoms with Crippen LogP contribution in [0.2, 0.25) is 0 Å². The molecule has 14 heteroatoms. The van der Waals surface area contributed by atoms with Gasteiger partial charge in [-0.3, -0.25) is 14.9 Å². The molecule has 0 aromatic heterocycles. The van der Waals surface area contributed by atoms with E-state index in [4.69, 9.17) is 0 Å². The monoisotopic (exact) mass is 500 g/mol. The van der Waals surface area contributed by atoms with E-state index >= 15 is 0 Å². The standard InChI is InChI=1S/C20H26F6N4O4/c1-18(2,11-31)28-14-10-15(29-7-3-12(4-8-29)20(24,25)26)13(9-16(14)30(33)34)17(32)27-6-5-19(21,22)23/h9-10,12,28,31H,3-8,11H2,1-2H3,(H,27,32). The summed E-state index contributed by atoms with van der Waals surface area (Å²) < 4.78 is 76.6. The minimum atomic E-state index is -4.54. The topological polar surface area (TPSA) is 108 Å². The number of aliphatic hydroxyl groups is 1. The van der Waals surface area contributed by atoms with Gasteiger partial charge in [-0.2, -0.15) is 26.3 Å². The maximum absolute atomic E-state index is 13.1. The molecule has 0 radical (unpaired) electrons. The quantitative estimate of drug-likeness (QED) is 0.280. The lowest BCUT2D eigenvalue weighted by Crippen LogP contribution is -2.40. The van der Waals surface area contributed by atoms with E-state index in [0.717, 1.165) is 6.07 Å². The van der Waals surface area contributed by atoms with E-state index in [1.807, 2.05) is 0 Å². The predicted molar refractivity (Wildman–Crippen MR) is 112 cm³/mol. The first-order chi connectivity index (χ1) is 15.5. The zero-order chi connectivity index (χ0) is 25.9. The van der Waals surface area contributed by atoms with Crippen LogP contribution in [0.5, 0.6) is 0 Å². The molecule has 1 aromatic rings. The van der Waals surface area contributed by atoms with Crippen molar-refractivity contribution in [3.05, 3.63) is 27.8 Å². The minimum Gasteiger partial charge on any atom is -0.394 e. The van der Waals surface area contributed by atoms with Gasteiger partial charge in [0.25, 0.3) is 11.6 Å². The van der Waals surface area contributed by atoms with E-state index in [1.165, 1.54) is 11.0 Å². The molecule has 0 atom stereocenters. The summed E-state index contributed by atoms with van der Waals surface area (Å²) in [6.45, 7) is 1.66. The number of nitrogens with zero attached hydrogens (tertiary/aromatic N) is 2. The summed E-state index contributed by atoms with van der Waals surface area (Å²) in [5.41, 5.74) is -1.97. The number of benzene rings is 1. The van der Waals surface area contributed by atoms with Crippen molar-refractivity contribution in [1.82, 2.24) is 5.32 Å². The molecule has 0 aliphatic carbocycles. The van der Waals surface area contributed by atoms with Crippen molar-refractivity contribution in [2.75, 3.05) is 36.5 Å². The number of halogens is 6. The maximum Gasteiger partial charge on any atom is 0.391 e. The Morgan fingerprint density at radius 1 is 1.18 bits per heavy atom. The van der Waals surface area contributed by atoms with Gasteiger partial charge < -0.3 is 20.6 Å². The van der Waals surface area contributed by atoms with Crippen molar-refractivity contribution in [2.45, 2.75) is 51.0 Å². The third kappa shape index (κ3) is 7.37. The number of carbonyl (C=O) groups excluding carboxylic acids is 1. The van der Waals surface area contributed by atoms with Crippen LogP contribution in [-0.2, 0) is 0 Å². The highest BCUT2D eigenvalue weighted by Crippen LogP contribution is 2.39. The van der Waals surface area contributed by atoms with Crippen molar-refractivity contribution in [3.8, 4) is 0 Å². The number of hydrogen-bond donors (Lipinski definition) is 3. The van der Waals surface area contributed by atoms with Crippen molar-refractivity contribution in [3.63, 3.8) is 0 Å². The molecule has 34 heavy (non-hydrogen) atoms. The second-order valence-corrected chi connectivity index (χ2v) is 8.73.